The van der Waals surface area contributed by atoms with Gasteiger partial charge in [0.2, 0.25) is 0 Å². The normalized spacial score (nSPS) is 16.9. The highest BCUT2D eigenvalue weighted by atomic mass is 19.1. The number of halogens is 1. The van der Waals surface area contributed by atoms with Gasteiger partial charge in [-0.05, 0) is 61.4 Å². The van der Waals surface area contributed by atoms with Crippen LogP contribution in [0.15, 0.2) is 60.9 Å². The van der Waals surface area contributed by atoms with E-state index in [4.69, 9.17) is 0 Å². The zero-order valence-corrected chi connectivity index (χ0v) is 15.8. The molecule has 1 unspecified atom stereocenters. The number of benzene rings is 2. The highest BCUT2D eigenvalue weighted by molar-refractivity contribution is 5.95. The summed E-state index contributed by atoms with van der Waals surface area (Å²) in [5, 5.41) is 0. The molecule has 1 aromatic heterocycles. The van der Waals surface area contributed by atoms with E-state index in [1.54, 1.807) is 12.4 Å². The maximum absolute atomic E-state index is 13.1. The molecule has 0 spiro atoms. The summed E-state index contributed by atoms with van der Waals surface area (Å²) in [6.45, 7) is 1.59. The third kappa shape index (κ3) is 4.30. The molecule has 1 saturated heterocycles. The van der Waals surface area contributed by atoms with E-state index in [2.05, 4.69) is 9.97 Å². The second-order valence-corrected chi connectivity index (χ2v) is 7.44. The first-order valence-electron chi connectivity index (χ1n) is 9.82. The number of carbonyl (C=O) groups is 1. The Hall–Kier alpha value is -2.95. The number of likely N-dealkylation sites (tertiary alicyclic amines) is 1. The molecular weight excluding hydrogens is 353 g/mol. The molecule has 0 bridgehead atoms. The van der Waals surface area contributed by atoms with Gasteiger partial charge in [0.15, 0.2) is 0 Å². The highest BCUT2D eigenvalue weighted by Crippen LogP contribution is 2.24. The fourth-order valence-corrected chi connectivity index (χ4v) is 3.91. The third-order valence-electron chi connectivity index (χ3n) is 5.44. The van der Waals surface area contributed by atoms with E-state index < -0.39 is 0 Å². The van der Waals surface area contributed by atoms with Gasteiger partial charge in [0, 0.05) is 36.6 Å². The molecule has 1 N–H and O–H groups in total. The first-order chi connectivity index (χ1) is 13.7. The lowest BCUT2D eigenvalue weighted by molar-refractivity contribution is 0.0668. The molecule has 2 heterocycles. The summed E-state index contributed by atoms with van der Waals surface area (Å²) in [5.74, 6) is 1.14. The number of aryl methyl sites for hydroxylation is 1. The van der Waals surface area contributed by atoms with Crippen molar-refractivity contribution in [3.8, 4) is 11.4 Å². The van der Waals surface area contributed by atoms with E-state index in [9.17, 15) is 9.18 Å². The summed E-state index contributed by atoms with van der Waals surface area (Å²) >= 11 is 0. The molecule has 5 heteroatoms. The lowest BCUT2D eigenvalue weighted by atomic mass is 9.91. The molecule has 144 valence electrons. The predicted molar refractivity (Wildman–Crippen MR) is 107 cm³/mol. The van der Waals surface area contributed by atoms with E-state index in [0.29, 0.717) is 11.5 Å². The van der Waals surface area contributed by atoms with Gasteiger partial charge in [-0.3, -0.25) is 4.79 Å². The Bertz CT molecular complexity index is 921. The minimum absolute atomic E-state index is 0.0832. The van der Waals surface area contributed by atoms with E-state index in [-0.39, 0.29) is 11.7 Å². The monoisotopic (exact) mass is 377 g/mol. The van der Waals surface area contributed by atoms with E-state index in [1.807, 2.05) is 41.3 Å². The van der Waals surface area contributed by atoms with Crippen LogP contribution in [0.1, 0.15) is 35.2 Å². The maximum Gasteiger partial charge on any atom is 0.253 e. The molecule has 3 aromatic rings. The number of hydrogen-bond donors (Lipinski definition) is 1. The SMILES string of the molecule is O=C(c1cccc(-c2ncc[nH]2)c1)N1CCCC(CCc2ccc(F)cc2)C1. The Labute approximate surface area is 164 Å². The number of hydrogen-bond acceptors (Lipinski definition) is 2. The standard InChI is InChI=1S/C23H24FN3O/c24-21-10-8-17(9-11-21)6-7-18-3-2-14-27(16-18)23(28)20-5-1-4-19(15-20)22-25-12-13-26-22/h1,4-5,8-13,15,18H,2-3,6-7,14,16H2,(H,25,26). The van der Waals surface area contributed by atoms with Gasteiger partial charge in [0.1, 0.15) is 11.6 Å². The van der Waals surface area contributed by atoms with Crippen molar-refractivity contribution in [2.24, 2.45) is 5.92 Å². The number of rotatable bonds is 5. The first kappa shape index (κ1) is 18.4. The topological polar surface area (TPSA) is 49.0 Å². The average Bonchev–Trinajstić information content (AvgIpc) is 3.28. The molecule has 2 aromatic carbocycles. The van der Waals surface area contributed by atoms with Crippen LogP contribution in [0.5, 0.6) is 0 Å². The van der Waals surface area contributed by atoms with E-state index in [0.717, 1.165) is 55.7 Å². The molecule has 0 radical (unpaired) electrons. The van der Waals surface area contributed by atoms with Crippen LogP contribution < -0.4 is 0 Å². The summed E-state index contributed by atoms with van der Waals surface area (Å²) in [5.41, 5.74) is 2.77. The Morgan fingerprint density at radius 2 is 2.07 bits per heavy atom. The smallest absolute Gasteiger partial charge is 0.253 e. The largest absolute Gasteiger partial charge is 0.345 e. The summed E-state index contributed by atoms with van der Waals surface area (Å²) in [6, 6.07) is 14.4. The number of imidazole rings is 1. The molecule has 1 aliphatic heterocycles. The number of H-pyrrole nitrogens is 1. The number of carbonyl (C=O) groups excluding carboxylic acids is 1. The number of aromatic amines is 1. The molecule has 0 aliphatic carbocycles. The van der Waals surface area contributed by atoms with Crippen molar-refractivity contribution in [2.75, 3.05) is 13.1 Å². The number of nitrogens with zero attached hydrogens (tertiary/aromatic N) is 2. The lowest BCUT2D eigenvalue weighted by Crippen LogP contribution is -2.40. The second kappa shape index (κ2) is 8.38. The summed E-state index contributed by atoms with van der Waals surface area (Å²) in [4.78, 5) is 22.4. The summed E-state index contributed by atoms with van der Waals surface area (Å²) in [6.07, 6.45) is 7.58. The Morgan fingerprint density at radius 3 is 2.86 bits per heavy atom. The number of piperidine rings is 1. The molecule has 1 aliphatic rings. The van der Waals surface area contributed by atoms with Crippen molar-refractivity contribution in [1.29, 1.82) is 0 Å². The Balaban J connectivity index is 1.39. The van der Waals surface area contributed by atoms with Crippen molar-refractivity contribution in [3.63, 3.8) is 0 Å². The van der Waals surface area contributed by atoms with Crippen LogP contribution >= 0.6 is 0 Å². The first-order valence-corrected chi connectivity index (χ1v) is 9.82. The van der Waals surface area contributed by atoms with Gasteiger partial charge in [-0.25, -0.2) is 9.37 Å². The van der Waals surface area contributed by atoms with Gasteiger partial charge in [-0.15, -0.1) is 0 Å². The van der Waals surface area contributed by atoms with Gasteiger partial charge in [-0.1, -0.05) is 24.3 Å². The summed E-state index contributed by atoms with van der Waals surface area (Å²) < 4.78 is 13.1. The third-order valence-corrected chi connectivity index (χ3v) is 5.44. The van der Waals surface area contributed by atoms with Gasteiger partial charge < -0.3 is 9.88 Å². The molecule has 28 heavy (non-hydrogen) atoms. The van der Waals surface area contributed by atoms with Crippen LogP contribution in [0.4, 0.5) is 4.39 Å². The Kier molecular flexibility index (Phi) is 5.51. The quantitative estimate of drug-likeness (QED) is 0.701. The van der Waals surface area contributed by atoms with Crippen molar-refractivity contribution >= 4 is 5.91 Å². The number of amides is 1. The van der Waals surface area contributed by atoms with Crippen molar-refractivity contribution in [3.05, 3.63) is 77.9 Å². The minimum atomic E-state index is -0.199. The molecule has 1 amide bonds. The molecular formula is C23H24FN3O. The van der Waals surface area contributed by atoms with Gasteiger partial charge in [0.05, 0.1) is 0 Å². The van der Waals surface area contributed by atoms with Crippen LogP contribution in [0.25, 0.3) is 11.4 Å². The van der Waals surface area contributed by atoms with Crippen LogP contribution in [0.2, 0.25) is 0 Å². The molecule has 4 nitrogen and oxygen atoms in total. The van der Waals surface area contributed by atoms with Crippen LogP contribution in [0, 0.1) is 11.7 Å². The fourth-order valence-electron chi connectivity index (χ4n) is 3.91. The summed E-state index contributed by atoms with van der Waals surface area (Å²) in [7, 11) is 0. The van der Waals surface area contributed by atoms with Crippen molar-refractivity contribution in [2.45, 2.75) is 25.7 Å². The number of aromatic nitrogens is 2. The van der Waals surface area contributed by atoms with Gasteiger partial charge in [0.25, 0.3) is 5.91 Å². The fraction of sp³-hybridized carbons (Fsp3) is 0.304. The van der Waals surface area contributed by atoms with Crippen LogP contribution in [-0.2, 0) is 6.42 Å². The van der Waals surface area contributed by atoms with Crippen LogP contribution in [-0.4, -0.2) is 33.9 Å². The Morgan fingerprint density at radius 1 is 1.21 bits per heavy atom. The van der Waals surface area contributed by atoms with Crippen LogP contribution in [0.3, 0.4) is 0 Å². The van der Waals surface area contributed by atoms with Gasteiger partial charge >= 0.3 is 0 Å². The van der Waals surface area contributed by atoms with E-state index >= 15 is 0 Å². The van der Waals surface area contributed by atoms with Crippen molar-refractivity contribution in [1.82, 2.24) is 14.9 Å². The van der Waals surface area contributed by atoms with E-state index in [1.165, 1.54) is 12.1 Å². The molecule has 4 rings (SSSR count). The lowest BCUT2D eigenvalue weighted by Gasteiger charge is -2.33. The number of nitrogens with one attached hydrogen (secondary N) is 1. The zero-order valence-electron chi connectivity index (χ0n) is 15.8. The second-order valence-electron chi connectivity index (χ2n) is 7.44. The predicted octanol–water partition coefficient (Wildman–Crippen LogP) is 4.70. The zero-order chi connectivity index (χ0) is 19.3. The molecule has 0 saturated carbocycles. The van der Waals surface area contributed by atoms with Gasteiger partial charge in [-0.2, -0.15) is 0 Å². The van der Waals surface area contributed by atoms with Crippen molar-refractivity contribution < 1.29 is 9.18 Å². The molecule has 1 fully saturated rings. The molecule has 1 atom stereocenters. The highest BCUT2D eigenvalue weighted by Gasteiger charge is 2.24. The maximum atomic E-state index is 13.1. The minimum Gasteiger partial charge on any atom is -0.345 e. The average molecular weight is 377 g/mol.